The maximum atomic E-state index is 11.8. The van der Waals surface area contributed by atoms with E-state index in [4.69, 9.17) is 0 Å². The molecule has 1 aromatic heterocycles. The van der Waals surface area contributed by atoms with Crippen molar-refractivity contribution < 1.29 is 4.79 Å². The molecule has 3 heterocycles. The molecule has 1 aliphatic carbocycles. The third kappa shape index (κ3) is 2.22. The SMILES string of the molecule is O=C1NCCN1C1CCN(c2ncnc3c2CCC3)CC1. The third-order valence-electron chi connectivity index (χ3n) is 4.95. The van der Waals surface area contributed by atoms with Crippen LogP contribution in [-0.2, 0) is 12.8 Å². The van der Waals surface area contributed by atoms with Gasteiger partial charge in [-0.05, 0) is 32.1 Å². The van der Waals surface area contributed by atoms with Gasteiger partial charge >= 0.3 is 6.03 Å². The Kier molecular flexibility index (Phi) is 3.16. The minimum atomic E-state index is 0.108. The predicted molar refractivity (Wildman–Crippen MR) is 79.4 cm³/mol. The van der Waals surface area contributed by atoms with Crippen LogP contribution in [0.1, 0.15) is 30.5 Å². The Hall–Kier alpha value is -1.85. The number of carbonyl (C=O) groups excluding carboxylic acids is 1. The largest absolute Gasteiger partial charge is 0.356 e. The van der Waals surface area contributed by atoms with E-state index >= 15 is 0 Å². The topological polar surface area (TPSA) is 61.4 Å². The molecule has 0 spiro atoms. The molecule has 2 fully saturated rings. The lowest BCUT2D eigenvalue weighted by Gasteiger charge is -2.37. The van der Waals surface area contributed by atoms with Crippen LogP contribution >= 0.6 is 0 Å². The number of nitrogens with zero attached hydrogens (tertiary/aromatic N) is 4. The number of piperidine rings is 1. The summed E-state index contributed by atoms with van der Waals surface area (Å²) in [5, 5.41) is 2.90. The van der Waals surface area contributed by atoms with Gasteiger partial charge in [-0.1, -0.05) is 0 Å². The smallest absolute Gasteiger partial charge is 0.317 e. The Morgan fingerprint density at radius 1 is 1.14 bits per heavy atom. The van der Waals surface area contributed by atoms with Gasteiger partial charge in [0.2, 0.25) is 0 Å². The summed E-state index contributed by atoms with van der Waals surface area (Å²) in [7, 11) is 0. The number of rotatable bonds is 2. The van der Waals surface area contributed by atoms with Crippen LogP contribution in [0.15, 0.2) is 6.33 Å². The molecular formula is C15H21N5O. The molecule has 21 heavy (non-hydrogen) atoms. The quantitative estimate of drug-likeness (QED) is 0.880. The molecule has 0 saturated carbocycles. The first-order chi connectivity index (χ1) is 10.3. The van der Waals surface area contributed by atoms with Crippen LogP contribution in [0.4, 0.5) is 10.6 Å². The summed E-state index contributed by atoms with van der Waals surface area (Å²) in [6.45, 7) is 3.61. The summed E-state index contributed by atoms with van der Waals surface area (Å²) in [4.78, 5) is 25.1. The molecule has 1 aromatic rings. The average Bonchev–Trinajstić information content (AvgIpc) is 3.15. The third-order valence-corrected chi connectivity index (χ3v) is 4.95. The van der Waals surface area contributed by atoms with Crippen molar-refractivity contribution >= 4 is 11.8 Å². The second kappa shape index (κ2) is 5.16. The van der Waals surface area contributed by atoms with E-state index in [1.165, 1.54) is 17.7 Å². The minimum absolute atomic E-state index is 0.108. The molecule has 2 amide bonds. The first kappa shape index (κ1) is 12.9. The number of hydrogen-bond acceptors (Lipinski definition) is 4. The second-order valence-electron chi connectivity index (χ2n) is 6.12. The second-order valence-corrected chi connectivity index (χ2v) is 6.12. The maximum Gasteiger partial charge on any atom is 0.317 e. The van der Waals surface area contributed by atoms with E-state index in [1.807, 2.05) is 4.90 Å². The Morgan fingerprint density at radius 2 is 2.00 bits per heavy atom. The molecule has 3 aliphatic rings. The van der Waals surface area contributed by atoms with Crippen molar-refractivity contribution in [2.45, 2.75) is 38.1 Å². The van der Waals surface area contributed by atoms with Gasteiger partial charge in [-0.3, -0.25) is 0 Å². The number of hydrogen-bond donors (Lipinski definition) is 1. The zero-order valence-corrected chi connectivity index (χ0v) is 12.2. The van der Waals surface area contributed by atoms with E-state index in [1.54, 1.807) is 6.33 Å². The summed E-state index contributed by atoms with van der Waals surface area (Å²) >= 11 is 0. The first-order valence-electron chi connectivity index (χ1n) is 7.95. The van der Waals surface area contributed by atoms with Crippen molar-refractivity contribution in [3.05, 3.63) is 17.6 Å². The molecule has 1 N–H and O–H groups in total. The maximum absolute atomic E-state index is 11.8. The Balaban J connectivity index is 1.46. The van der Waals surface area contributed by atoms with Crippen LogP contribution in [0.25, 0.3) is 0 Å². The summed E-state index contributed by atoms with van der Waals surface area (Å²) in [5.41, 5.74) is 2.59. The summed E-state index contributed by atoms with van der Waals surface area (Å²) < 4.78 is 0. The lowest BCUT2D eigenvalue weighted by Crippen LogP contribution is -2.46. The fraction of sp³-hybridized carbons (Fsp3) is 0.667. The first-order valence-corrected chi connectivity index (χ1v) is 7.95. The molecule has 0 bridgehead atoms. The lowest BCUT2D eigenvalue weighted by molar-refractivity contribution is 0.186. The molecule has 0 aromatic carbocycles. The van der Waals surface area contributed by atoms with Crippen molar-refractivity contribution in [3.8, 4) is 0 Å². The molecule has 0 radical (unpaired) electrons. The van der Waals surface area contributed by atoms with Crippen molar-refractivity contribution in [2.24, 2.45) is 0 Å². The fourth-order valence-corrected chi connectivity index (χ4v) is 3.84. The molecule has 112 valence electrons. The molecular weight excluding hydrogens is 266 g/mol. The number of aromatic nitrogens is 2. The molecule has 6 heteroatoms. The summed E-state index contributed by atoms with van der Waals surface area (Å²) in [6, 6.07) is 0.495. The zero-order chi connectivity index (χ0) is 14.2. The minimum Gasteiger partial charge on any atom is -0.356 e. The van der Waals surface area contributed by atoms with Crippen LogP contribution < -0.4 is 10.2 Å². The van der Waals surface area contributed by atoms with Crippen LogP contribution in [-0.4, -0.2) is 53.1 Å². The summed E-state index contributed by atoms with van der Waals surface area (Å²) in [5.74, 6) is 1.14. The Labute approximate surface area is 124 Å². The number of urea groups is 1. The van der Waals surface area contributed by atoms with E-state index < -0.39 is 0 Å². The van der Waals surface area contributed by atoms with Gasteiger partial charge in [0.05, 0.1) is 0 Å². The highest BCUT2D eigenvalue weighted by molar-refractivity contribution is 5.76. The van der Waals surface area contributed by atoms with Crippen molar-refractivity contribution in [2.75, 3.05) is 31.1 Å². The number of nitrogens with one attached hydrogen (secondary N) is 1. The van der Waals surface area contributed by atoms with Gasteiger partial charge in [0.15, 0.2) is 0 Å². The molecule has 0 atom stereocenters. The van der Waals surface area contributed by atoms with E-state index in [0.717, 1.165) is 57.7 Å². The van der Waals surface area contributed by atoms with Crippen molar-refractivity contribution in [3.63, 3.8) is 0 Å². The molecule has 6 nitrogen and oxygen atoms in total. The molecule has 2 saturated heterocycles. The number of fused-ring (bicyclic) bond motifs is 1. The van der Waals surface area contributed by atoms with E-state index in [-0.39, 0.29) is 6.03 Å². The van der Waals surface area contributed by atoms with Gasteiger partial charge < -0.3 is 15.1 Å². The highest BCUT2D eigenvalue weighted by Crippen LogP contribution is 2.30. The highest BCUT2D eigenvalue weighted by Gasteiger charge is 2.32. The average molecular weight is 287 g/mol. The number of amides is 2. The van der Waals surface area contributed by atoms with Crippen LogP contribution in [0, 0.1) is 0 Å². The number of carbonyl (C=O) groups is 1. The van der Waals surface area contributed by atoms with Crippen molar-refractivity contribution in [1.82, 2.24) is 20.2 Å². The normalized spacial score (nSPS) is 22.6. The van der Waals surface area contributed by atoms with E-state index in [9.17, 15) is 4.79 Å². The van der Waals surface area contributed by atoms with Crippen LogP contribution in [0.5, 0.6) is 0 Å². The monoisotopic (exact) mass is 287 g/mol. The van der Waals surface area contributed by atoms with Crippen LogP contribution in [0.2, 0.25) is 0 Å². The lowest BCUT2D eigenvalue weighted by atomic mass is 10.0. The van der Waals surface area contributed by atoms with Gasteiger partial charge in [-0.15, -0.1) is 0 Å². The van der Waals surface area contributed by atoms with Gasteiger partial charge in [-0.25, -0.2) is 14.8 Å². The predicted octanol–water partition coefficient (Wildman–Crippen LogP) is 0.959. The van der Waals surface area contributed by atoms with Gasteiger partial charge in [0.25, 0.3) is 0 Å². The fourth-order valence-electron chi connectivity index (χ4n) is 3.84. The standard InChI is InChI=1S/C15H21N5O/c21-15-16-6-9-20(15)11-4-7-19(8-5-11)14-12-2-1-3-13(12)17-10-18-14/h10-11H,1-9H2,(H,16,21). The van der Waals surface area contributed by atoms with E-state index in [0.29, 0.717) is 6.04 Å². The molecule has 4 rings (SSSR count). The van der Waals surface area contributed by atoms with E-state index in [2.05, 4.69) is 20.2 Å². The van der Waals surface area contributed by atoms with Crippen LogP contribution in [0.3, 0.4) is 0 Å². The number of aryl methyl sites for hydroxylation is 1. The van der Waals surface area contributed by atoms with Crippen molar-refractivity contribution in [1.29, 1.82) is 0 Å². The Morgan fingerprint density at radius 3 is 2.76 bits per heavy atom. The zero-order valence-electron chi connectivity index (χ0n) is 12.2. The van der Waals surface area contributed by atoms with Gasteiger partial charge in [0.1, 0.15) is 12.1 Å². The van der Waals surface area contributed by atoms with Gasteiger partial charge in [-0.2, -0.15) is 0 Å². The number of anilines is 1. The molecule has 0 unspecified atom stereocenters. The highest BCUT2D eigenvalue weighted by atomic mass is 16.2. The summed E-state index contributed by atoms with van der Waals surface area (Å²) in [6.07, 6.45) is 7.18. The molecule has 2 aliphatic heterocycles. The van der Waals surface area contributed by atoms with Gasteiger partial charge in [0, 0.05) is 43.5 Å². The Bertz CT molecular complexity index is 553.